The van der Waals surface area contributed by atoms with Crippen LogP contribution in [0, 0.1) is 5.92 Å². The van der Waals surface area contributed by atoms with Crippen LogP contribution in [0.15, 0.2) is 33.2 Å². The Morgan fingerprint density at radius 2 is 2.14 bits per heavy atom. The molecule has 0 aliphatic heterocycles. The minimum absolute atomic E-state index is 0.406. The van der Waals surface area contributed by atoms with E-state index in [1.54, 1.807) is 0 Å². The monoisotopic (exact) mass is 350 g/mol. The van der Waals surface area contributed by atoms with Crippen molar-refractivity contribution in [3.63, 3.8) is 0 Å². The Kier molecular flexibility index (Phi) is 4.37. The highest BCUT2D eigenvalue weighted by Crippen LogP contribution is 2.35. The molecule has 1 unspecified atom stereocenters. The Bertz CT molecular complexity index is 611. The first-order valence-corrected chi connectivity index (χ1v) is 7.96. The summed E-state index contributed by atoms with van der Waals surface area (Å²) in [6.45, 7) is 1.31. The number of likely N-dealkylation sites (N-methyl/N-ethyl adjacent to an activating group) is 1. The smallest absolute Gasteiger partial charge is 0.248 e. The van der Waals surface area contributed by atoms with Gasteiger partial charge in [0.1, 0.15) is 0 Å². The van der Waals surface area contributed by atoms with Crippen molar-refractivity contribution in [1.29, 1.82) is 0 Å². The maximum atomic E-state index is 5.87. The van der Waals surface area contributed by atoms with Gasteiger partial charge in [0.25, 0.3) is 0 Å². The van der Waals surface area contributed by atoms with Crippen molar-refractivity contribution in [1.82, 2.24) is 15.1 Å². The third-order valence-electron chi connectivity index (χ3n) is 3.93. The summed E-state index contributed by atoms with van der Waals surface area (Å²) < 4.78 is 6.73. The van der Waals surface area contributed by atoms with Gasteiger partial charge in [0.05, 0.1) is 12.1 Å². The molecule has 2 aromatic rings. The van der Waals surface area contributed by atoms with E-state index in [1.807, 2.05) is 24.3 Å². The minimum atomic E-state index is 0.406. The first-order chi connectivity index (χ1) is 10.2. The fourth-order valence-electron chi connectivity index (χ4n) is 2.60. The highest BCUT2D eigenvalue weighted by molar-refractivity contribution is 9.10. The Balaban J connectivity index is 1.72. The zero-order valence-corrected chi connectivity index (χ0v) is 13.6. The molecule has 0 radical (unpaired) electrons. The molecule has 5 nitrogen and oxygen atoms in total. The van der Waals surface area contributed by atoms with E-state index in [2.05, 4.69) is 38.1 Å². The topological polar surface area (TPSA) is 68.2 Å². The van der Waals surface area contributed by atoms with Crippen LogP contribution in [0.2, 0.25) is 0 Å². The number of hydrogen-bond acceptors (Lipinski definition) is 5. The number of benzene rings is 1. The van der Waals surface area contributed by atoms with Crippen molar-refractivity contribution >= 4 is 15.9 Å². The Morgan fingerprint density at radius 3 is 2.81 bits per heavy atom. The molecular formula is C15H19BrN4O. The van der Waals surface area contributed by atoms with E-state index >= 15 is 0 Å². The van der Waals surface area contributed by atoms with Crippen molar-refractivity contribution < 1.29 is 4.42 Å². The maximum Gasteiger partial charge on any atom is 0.248 e. The van der Waals surface area contributed by atoms with Crippen LogP contribution in [0.1, 0.15) is 18.7 Å². The fraction of sp³-hybridized carbons (Fsp3) is 0.467. The molecular weight excluding hydrogens is 332 g/mol. The summed E-state index contributed by atoms with van der Waals surface area (Å²) in [4.78, 5) is 2.22. The van der Waals surface area contributed by atoms with Gasteiger partial charge < -0.3 is 10.2 Å². The first kappa shape index (κ1) is 14.7. The standard InChI is InChI=1S/C15H19BrN4O/c1-20(13(8-17)10-6-7-10)9-14-18-19-15(21-14)11-4-2-3-5-12(11)16/h2-5,10,13H,6-9,17H2,1H3. The lowest BCUT2D eigenvalue weighted by molar-refractivity contribution is 0.197. The molecule has 21 heavy (non-hydrogen) atoms. The summed E-state index contributed by atoms with van der Waals surface area (Å²) >= 11 is 3.50. The van der Waals surface area contributed by atoms with E-state index in [0.29, 0.717) is 30.9 Å². The van der Waals surface area contributed by atoms with E-state index in [1.165, 1.54) is 12.8 Å². The summed E-state index contributed by atoms with van der Waals surface area (Å²) in [7, 11) is 2.07. The zero-order chi connectivity index (χ0) is 14.8. The molecule has 0 spiro atoms. The molecule has 6 heteroatoms. The van der Waals surface area contributed by atoms with Gasteiger partial charge in [-0.1, -0.05) is 12.1 Å². The van der Waals surface area contributed by atoms with Crippen LogP contribution < -0.4 is 5.73 Å². The molecule has 0 bridgehead atoms. The van der Waals surface area contributed by atoms with Crippen LogP contribution in [0.4, 0.5) is 0 Å². The summed E-state index contributed by atoms with van der Waals surface area (Å²) in [5.74, 6) is 1.90. The van der Waals surface area contributed by atoms with E-state index in [4.69, 9.17) is 10.2 Å². The largest absolute Gasteiger partial charge is 0.419 e. The Morgan fingerprint density at radius 1 is 1.38 bits per heavy atom. The highest BCUT2D eigenvalue weighted by atomic mass is 79.9. The SMILES string of the molecule is CN(Cc1nnc(-c2ccccc2Br)o1)C(CN)C1CC1. The summed E-state index contributed by atoms with van der Waals surface area (Å²) in [5, 5.41) is 8.29. The Labute approximate surface area is 132 Å². The highest BCUT2D eigenvalue weighted by Gasteiger charge is 2.33. The van der Waals surface area contributed by atoms with E-state index in [9.17, 15) is 0 Å². The molecule has 1 aromatic carbocycles. The van der Waals surface area contributed by atoms with Crippen molar-refractivity contribution in [2.24, 2.45) is 11.7 Å². The van der Waals surface area contributed by atoms with Crippen molar-refractivity contribution in [3.8, 4) is 11.5 Å². The van der Waals surface area contributed by atoms with Crippen LogP contribution >= 0.6 is 15.9 Å². The molecule has 2 N–H and O–H groups in total. The molecule has 1 aliphatic carbocycles. The van der Waals surface area contributed by atoms with Crippen LogP contribution in [0.3, 0.4) is 0 Å². The predicted octanol–water partition coefficient (Wildman–Crippen LogP) is 2.67. The van der Waals surface area contributed by atoms with Crippen LogP contribution in [-0.2, 0) is 6.54 Å². The fourth-order valence-corrected chi connectivity index (χ4v) is 3.06. The second kappa shape index (κ2) is 6.25. The van der Waals surface area contributed by atoms with Gasteiger partial charge in [0.2, 0.25) is 11.8 Å². The molecule has 1 saturated carbocycles. The van der Waals surface area contributed by atoms with Gasteiger partial charge in [-0.2, -0.15) is 0 Å². The zero-order valence-electron chi connectivity index (χ0n) is 12.0. The normalized spacial score (nSPS) is 16.4. The number of rotatable bonds is 6. The van der Waals surface area contributed by atoms with Gasteiger partial charge in [-0.15, -0.1) is 10.2 Å². The average molecular weight is 351 g/mol. The quantitative estimate of drug-likeness (QED) is 0.867. The van der Waals surface area contributed by atoms with Crippen molar-refractivity contribution in [2.45, 2.75) is 25.4 Å². The van der Waals surface area contributed by atoms with Crippen molar-refractivity contribution in [2.75, 3.05) is 13.6 Å². The van der Waals surface area contributed by atoms with Crippen LogP contribution in [0.25, 0.3) is 11.5 Å². The summed E-state index contributed by atoms with van der Waals surface area (Å²) in [6, 6.07) is 8.23. The first-order valence-electron chi connectivity index (χ1n) is 7.16. The molecule has 1 aromatic heterocycles. The maximum absolute atomic E-state index is 5.87. The second-order valence-electron chi connectivity index (χ2n) is 5.54. The molecule has 3 rings (SSSR count). The number of aromatic nitrogens is 2. The molecule has 112 valence electrons. The molecule has 1 atom stereocenters. The molecule has 1 fully saturated rings. The Hall–Kier alpha value is -1.24. The third-order valence-corrected chi connectivity index (χ3v) is 4.62. The van der Waals surface area contributed by atoms with Crippen LogP contribution in [-0.4, -0.2) is 34.7 Å². The van der Waals surface area contributed by atoms with Crippen LogP contribution in [0.5, 0.6) is 0 Å². The van der Waals surface area contributed by atoms with Gasteiger partial charge in [-0.3, -0.25) is 4.90 Å². The van der Waals surface area contributed by atoms with E-state index in [-0.39, 0.29) is 0 Å². The lowest BCUT2D eigenvalue weighted by Gasteiger charge is -2.25. The lowest BCUT2D eigenvalue weighted by Crippen LogP contribution is -2.39. The molecule has 1 heterocycles. The number of nitrogens with two attached hydrogens (primary N) is 1. The lowest BCUT2D eigenvalue weighted by atomic mass is 10.1. The minimum Gasteiger partial charge on any atom is -0.419 e. The summed E-state index contributed by atoms with van der Waals surface area (Å²) in [6.07, 6.45) is 2.55. The number of nitrogens with zero attached hydrogens (tertiary/aromatic N) is 3. The number of hydrogen-bond donors (Lipinski definition) is 1. The van der Waals surface area contributed by atoms with Gasteiger partial charge in [-0.25, -0.2) is 0 Å². The predicted molar refractivity (Wildman–Crippen MR) is 84.5 cm³/mol. The van der Waals surface area contributed by atoms with Crippen molar-refractivity contribution in [3.05, 3.63) is 34.6 Å². The number of halogens is 1. The van der Waals surface area contributed by atoms with Gasteiger partial charge in [-0.05, 0) is 53.9 Å². The molecule has 1 aliphatic rings. The van der Waals surface area contributed by atoms with Gasteiger partial charge in [0.15, 0.2) is 0 Å². The second-order valence-corrected chi connectivity index (χ2v) is 6.39. The van der Waals surface area contributed by atoms with Gasteiger partial charge >= 0.3 is 0 Å². The third kappa shape index (κ3) is 3.33. The molecule has 0 saturated heterocycles. The average Bonchev–Trinajstić information content (AvgIpc) is 3.19. The van der Waals surface area contributed by atoms with Gasteiger partial charge in [0, 0.05) is 17.1 Å². The van der Waals surface area contributed by atoms with E-state index in [0.717, 1.165) is 16.0 Å². The molecule has 0 amide bonds. The summed E-state index contributed by atoms with van der Waals surface area (Å²) in [5.41, 5.74) is 6.78. The van der Waals surface area contributed by atoms with E-state index < -0.39 is 0 Å².